The Morgan fingerprint density at radius 3 is 3.00 bits per heavy atom. The Balaban J connectivity index is 2.37. The molecule has 1 N–H and O–H groups in total. The fraction of sp³-hybridized carbons (Fsp3) is 0.333. The molecule has 5 nitrogen and oxygen atoms in total. The molecule has 0 aliphatic heterocycles. The Morgan fingerprint density at radius 2 is 2.33 bits per heavy atom. The SMILES string of the molecule is C/C=C/CCn1c(SCC(=O)O)nc2cc(OC)ccc21. The molecule has 0 radical (unpaired) electrons. The first-order chi connectivity index (χ1) is 10.2. The molecule has 0 amide bonds. The smallest absolute Gasteiger partial charge is 0.313 e. The van der Waals surface area contributed by atoms with Gasteiger partial charge in [-0.05, 0) is 25.5 Å². The van der Waals surface area contributed by atoms with Crippen LogP contribution in [0.3, 0.4) is 0 Å². The molecule has 0 aliphatic rings. The van der Waals surface area contributed by atoms with Crippen LogP contribution in [0.2, 0.25) is 0 Å². The van der Waals surface area contributed by atoms with Crippen LogP contribution in [0, 0.1) is 0 Å². The van der Waals surface area contributed by atoms with Crippen LogP contribution in [0.25, 0.3) is 11.0 Å². The van der Waals surface area contributed by atoms with Crippen LogP contribution < -0.4 is 4.74 Å². The van der Waals surface area contributed by atoms with Crippen molar-refractivity contribution >= 4 is 28.8 Å². The maximum Gasteiger partial charge on any atom is 0.313 e. The number of carbonyl (C=O) groups is 1. The highest BCUT2D eigenvalue weighted by Gasteiger charge is 2.13. The number of rotatable bonds is 7. The molecular formula is C15H18N2O3S. The summed E-state index contributed by atoms with van der Waals surface area (Å²) < 4.78 is 7.26. The van der Waals surface area contributed by atoms with Gasteiger partial charge in [-0.2, -0.15) is 0 Å². The van der Waals surface area contributed by atoms with Crippen LogP contribution in [-0.4, -0.2) is 33.5 Å². The average molecular weight is 306 g/mol. The molecule has 0 saturated carbocycles. The fourth-order valence-electron chi connectivity index (χ4n) is 2.04. The van der Waals surface area contributed by atoms with Gasteiger partial charge in [-0.15, -0.1) is 0 Å². The molecule has 21 heavy (non-hydrogen) atoms. The molecule has 6 heteroatoms. The third-order valence-corrected chi connectivity index (χ3v) is 3.96. The minimum Gasteiger partial charge on any atom is -0.497 e. The number of methoxy groups -OCH3 is 1. The number of carboxylic acids is 1. The Bertz CT molecular complexity index is 664. The van der Waals surface area contributed by atoms with Crippen molar-refractivity contribution in [3.05, 3.63) is 30.4 Å². The first-order valence-corrected chi connectivity index (χ1v) is 7.64. The number of imidazole rings is 1. The number of aliphatic carboxylic acids is 1. The van der Waals surface area contributed by atoms with Crippen LogP contribution in [-0.2, 0) is 11.3 Å². The number of aromatic nitrogens is 2. The van der Waals surface area contributed by atoms with Crippen molar-refractivity contribution in [1.29, 1.82) is 0 Å². The lowest BCUT2D eigenvalue weighted by molar-refractivity contribution is -0.133. The molecule has 0 bridgehead atoms. The van der Waals surface area contributed by atoms with Gasteiger partial charge in [-0.25, -0.2) is 4.98 Å². The number of carboxylic acid groups (broad SMARTS) is 1. The van der Waals surface area contributed by atoms with Crippen LogP contribution in [0.5, 0.6) is 5.75 Å². The number of hydrogen-bond donors (Lipinski definition) is 1. The molecule has 2 aromatic rings. The van der Waals surface area contributed by atoms with Crippen LogP contribution in [0.1, 0.15) is 13.3 Å². The lowest BCUT2D eigenvalue weighted by Crippen LogP contribution is -2.03. The van der Waals surface area contributed by atoms with E-state index >= 15 is 0 Å². The Labute approximate surface area is 127 Å². The summed E-state index contributed by atoms with van der Waals surface area (Å²) in [5, 5.41) is 9.57. The number of allylic oxidation sites excluding steroid dienone is 2. The first-order valence-electron chi connectivity index (χ1n) is 6.65. The van der Waals surface area contributed by atoms with Gasteiger partial charge in [0.2, 0.25) is 0 Å². The second-order valence-electron chi connectivity index (χ2n) is 4.44. The lowest BCUT2D eigenvalue weighted by atomic mass is 10.3. The zero-order chi connectivity index (χ0) is 15.2. The van der Waals surface area contributed by atoms with E-state index in [1.807, 2.05) is 31.2 Å². The normalized spacial score (nSPS) is 11.3. The van der Waals surface area contributed by atoms with Crippen molar-refractivity contribution in [2.45, 2.75) is 25.0 Å². The highest BCUT2D eigenvalue weighted by molar-refractivity contribution is 7.99. The minimum absolute atomic E-state index is 0.00404. The van der Waals surface area contributed by atoms with E-state index in [4.69, 9.17) is 9.84 Å². The van der Waals surface area contributed by atoms with Crippen LogP contribution in [0.4, 0.5) is 0 Å². The molecule has 1 heterocycles. The molecule has 2 rings (SSSR count). The van der Waals surface area contributed by atoms with E-state index in [2.05, 4.69) is 15.6 Å². The van der Waals surface area contributed by atoms with Gasteiger partial charge in [-0.3, -0.25) is 4.79 Å². The van der Waals surface area contributed by atoms with Gasteiger partial charge in [0.1, 0.15) is 5.75 Å². The summed E-state index contributed by atoms with van der Waals surface area (Å²) in [6.45, 7) is 2.76. The molecule has 0 fully saturated rings. The van der Waals surface area contributed by atoms with E-state index in [9.17, 15) is 4.79 Å². The summed E-state index contributed by atoms with van der Waals surface area (Å²) in [7, 11) is 1.62. The predicted octanol–water partition coefficient (Wildman–Crippen LogP) is 3.19. The van der Waals surface area contributed by atoms with Gasteiger partial charge in [0.05, 0.1) is 23.9 Å². The number of aryl methyl sites for hydroxylation is 1. The largest absolute Gasteiger partial charge is 0.497 e. The first kappa shape index (κ1) is 15.4. The van der Waals surface area contributed by atoms with Gasteiger partial charge in [0, 0.05) is 12.6 Å². The third kappa shape index (κ3) is 3.78. The van der Waals surface area contributed by atoms with Crippen molar-refractivity contribution in [2.75, 3.05) is 12.9 Å². The molecule has 0 atom stereocenters. The average Bonchev–Trinajstić information content (AvgIpc) is 2.82. The van der Waals surface area contributed by atoms with Gasteiger partial charge < -0.3 is 14.4 Å². The zero-order valence-electron chi connectivity index (χ0n) is 12.1. The monoisotopic (exact) mass is 306 g/mol. The summed E-state index contributed by atoms with van der Waals surface area (Å²) >= 11 is 1.24. The third-order valence-electron chi connectivity index (χ3n) is 3.00. The molecule has 1 aromatic carbocycles. The number of fused-ring (bicyclic) bond motifs is 1. The van der Waals surface area contributed by atoms with Gasteiger partial charge in [0.25, 0.3) is 0 Å². The van der Waals surface area contributed by atoms with E-state index in [1.165, 1.54) is 11.8 Å². The van der Waals surface area contributed by atoms with E-state index in [0.717, 1.165) is 34.9 Å². The van der Waals surface area contributed by atoms with E-state index in [0.29, 0.717) is 0 Å². The van der Waals surface area contributed by atoms with E-state index in [1.54, 1.807) is 7.11 Å². The number of thioether (sulfide) groups is 1. The summed E-state index contributed by atoms with van der Waals surface area (Å²) in [5.74, 6) is -0.0932. The van der Waals surface area contributed by atoms with Gasteiger partial charge in [-0.1, -0.05) is 23.9 Å². The highest BCUT2D eigenvalue weighted by atomic mass is 32.2. The quantitative estimate of drug-likeness (QED) is 0.628. The summed E-state index contributed by atoms with van der Waals surface area (Å²) in [4.78, 5) is 15.3. The summed E-state index contributed by atoms with van der Waals surface area (Å²) in [6.07, 6.45) is 4.97. The van der Waals surface area contributed by atoms with Crippen LogP contribution in [0.15, 0.2) is 35.5 Å². The number of hydrogen-bond acceptors (Lipinski definition) is 4. The van der Waals surface area contributed by atoms with E-state index < -0.39 is 5.97 Å². The molecule has 1 aromatic heterocycles. The van der Waals surface area contributed by atoms with E-state index in [-0.39, 0.29) is 5.75 Å². The molecule has 0 spiro atoms. The Morgan fingerprint density at radius 1 is 1.52 bits per heavy atom. The number of benzene rings is 1. The Kier molecular flexibility index (Phi) is 5.27. The molecule has 0 aliphatic carbocycles. The summed E-state index contributed by atoms with van der Waals surface area (Å²) in [5.41, 5.74) is 1.82. The number of nitrogens with zero attached hydrogens (tertiary/aromatic N) is 2. The maximum absolute atomic E-state index is 10.8. The van der Waals surface area contributed by atoms with Crippen molar-refractivity contribution in [3.8, 4) is 5.75 Å². The standard InChI is InChI=1S/C15H18N2O3S/c1-3-4-5-8-17-13-7-6-11(20-2)9-12(13)16-15(17)21-10-14(18)19/h3-4,6-7,9H,5,8,10H2,1-2H3,(H,18,19)/b4-3+. The van der Waals surface area contributed by atoms with Gasteiger partial charge in [0.15, 0.2) is 5.16 Å². The Hall–Kier alpha value is -1.95. The van der Waals surface area contributed by atoms with Crippen molar-refractivity contribution in [1.82, 2.24) is 9.55 Å². The minimum atomic E-state index is -0.843. The molecule has 0 unspecified atom stereocenters. The second-order valence-corrected chi connectivity index (χ2v) is 5.38. The van der Waals surface area contributed by atoms with Gasteiger partial charge >= 0.3 is 5.97 Å². The zero-order valence-corrected chi connectivity index (χ0v) is 12.9. The highest BCUT2D eigenvalue weighted by Crippen LogP contribution is 2.27. The summed E-state index contributed by atoms with van der Waals surface area (Å²) in [6, 6.07) is 5.72. The topological polar surface area (TPSA) is 64.4 Å². The fourth-order valence-corrected chi connectivity index (χ4v) is 2.80. The van der Waals surface area contributed by atoms with Crippen molar-refractivity contribution in [3.63, 3.8) is 0 Å². The molecular weight excluding hydrogens is 288 g/mol. The molecule has 0 saturated heterocycles. The lowest BCUT2D eigenvalue weighted by Gasteiger charge is -2.06. The maximum atomic E-state index is 10.8. The predicted molar refractivity (Wildman–Crippen MR) is 84.1 cm³/mol. The second kappa shape index (κ2) is 7.17. The van der Waals surface area contributed by atoms with Crippen molar-refractivity contribution in [2.24, 2.45) is 0 Å². The van der Waals surface area contributed by atoms with Crippen molar-refractivity contribution < 1.29 is 14.6 Å². The molecule has 112 valence electrons. The number of ether oxygens (including phenoxy) is 1. The van der Waals surface area contributed by atoms with Crippen LogP contribution >= 0.6 is 11.8 Å².